The van der Waals surface area contributed by atoms with Crippen LogP contribution in [-0.2, 0) is 0 Å². The van der Waals surface area contributed by atoms with E-state index in [-0.39, 0.29) is 5.15 Å². The molecule has 0 aliphatic heterocycles. The Labute approximate surface area is 105 Å². The van der Waals surface area contributed by atoms with Gasteiger partial charge in [-0.15, -0.1) is 0 Å². The second kappa shape index (κ2) is 4.89. The Morgan fingerprint density at radius 3 is 2.29 bits per heavy atom. The van der Waals surface area contributed by atoms with E-state index in [1.165, 1.54) is 12.4 Å². The summed E-state index contributed by atoms with van der Waals surface area (Å²) in [7, 11) is 0. The van der Waals surface area contributed by atoms with Gasteiger partial charge in [0.05, 0.1) is 16.9 Å². The summed E-state index contributed by atoms with van der Waals surface area (Å²) in [5.74, 6) is 0. The van der Waals surface area contributed by atoms with Crippen molar-refractivity contribution in [2.24, 2.45) is 0 Å². The highest BCUT2D eigenvalue weighted by atomic mass is 35.5. The van der Waals surface area contributed by atoms with Gasteiger partial charge in [0.1, 0.15) is 11.4 Å². The van der Waals surface area contributed by atoms with Gasteiger partial charge in [0.25, 0.3) is 6.43 Å². The van der Waals surface area contributed by atoms with E-state index in [1.54, 1.807) is 12.1 Å². The topological polar surface area (TPSA) is 38.7 Å². The Morgan fingerprint density at radius 1 is 1.00 bits per heavy atom. The largest absolute Gasteiger partial charge is 0.283 e. The maximum absolute atomic E-state index is 12.4. The molecule has 0 unspecified atom stereocenters. The van der Waals surface area contributed by atoms with E-state index < -0.39 is 12.1 Å². The van der Waals surface area contributed by atoms with Crippen molar-refractivity contribution in [1.82, 2.24) is 15.0 Å². The molecule has 88 valence electrons. The lowest BCUT2D eigenvalue weighted by Crippen LogP contribution is -1.97. The minimum atomic E-state index is -2.75. The second-order valence-electron chi connectivity index (χ2n) is 3.09. The van der Waals surface area contributed by atoms with Gasteiger partial charge in [0.2, 0.25) is 0 Å². The molecule has 0 aromatic carbocycles. The molecule has 0 bridgehead atoms. The molecule has 2 rings (SSSR count). The molecule has 0 saturated carbocycles. The number of nitrogens with zero attached hydrogens (tertiary/aromatic N) is 3. The number of pyridine rings is 1. The standard InChI is InChI=1S/C10H5Cl2F2N3/c11-5-1-2-6(15-3-5)7-4-16-8(10(13)14)9(12)17-7/h1-4,10H. The first-order chi connectivity index (χ1) is 8.08. The number of halogens is 4. The van der Waals surface area contributed by atoms with Gasteiger partial charge in [0.15, 0.2) is 5.15 Å². The van der Waals surface area contributed by atoms with Crippen LogP contribution in [0.1, 0.15) is 12.1 Å². The molecule has 2 aromatic heterocycles. The molecule has 0 amide bonds. The lowest BCUT2D eigenvalue weighted by atomic mass is 10.3. The number of aromatic nitrogens is 3. The Hall–Kier alpha value is -1.33. The first-order valence-electron chi connectivity index (χ1n) is 4.50. The highest BCUT2D eigenvalue weighted by Gasteiger charge is 2.16. The van der Waals surface area contributed by atoms with Gasteiger partial charge in [-0.3, -0.25) is 4.98 Å². The fourth-order valence-electron chi connectivity index (χ4n) is 1.17. The number of hydrogen-bond donors (Lipinski definition) is 0. The maximum atomic E-state index is 12.4. The lowest BCUT2D eigenvalue weighted by molar-refractivity contribution is 0.145. The Kier molecular flexibility index (Phi) is 3.49. The van der Waals surface area contributed by atoms with Crippen LogP contribution in [0.25, 0.3) is 11.4 Å². The molecule has 0 aliphatic carbocycles. The summed E-state index contributed by atoms with van der Waals surface area (Å²) in [5.41, 5.74) is 0.241. The van der Waals surface area contributed by atoms with E-state index >= 15 is 0 Å². The van der Waals surface area contributed by atoms with E-state index in [2.05, 4.69) is 15.0 Å². The van der Waals surface area contributed by atoms with Crippen LogP contribution in [0.2, 0.25) is 10.2 Å². The number of hydrogen-bond acceptors (Lipinski definition) is 3. The van der Waals surface area contributed by atoms with Gasteiger partial charge in [-0.1, -0.05) is 23.2 Å². The Morgan fingerprint density at radius 2 is 1.76 bits per heavy atom. The molecule has 0 saturated heterocycles. The zero-order valence-corrected chi connectivity index (χ0v) is 9.75. The van der Waals surface area contributed by atoms with E-state index in [0.717, 1.165) is 0 Å². The smallest absolute Gasteiger partial charge is 0.253 e. The van der Waals surface area contributed by atoms with Crippen molar-refractivity contribution in [2.45, 2.75) is 6.43 Å². The monoisotopic (exact) mass is 275 g/mol. The SMILES string of the molecule is FC(F)c1ncc(-c2ccc(Cl)cn2)nc1Cl. The van der Waals surface area contributed by atoms with Crippen molar-refractivity contribution in [1.29, 1.82) is 0 Å². The molecule has 2 aromatic rings. The molecule has 0 N–H and O–H groups in total. The van der Waals surface area contributed by atoms with Crippen molar-refractivity contribution in [3.8, 4) is 11.4 Å². The van der Waals surface area contributed by atoms with Crippen LogP contribution in [0.4, 0.5) is 8.78 Å². The molecule has 7 heteroatoms. The fraction of sp³-hybridized carbons (Fsp3) is 0.100. The third-order valence-corrected chi connectivity index (χ3v) is 2.45. The first-order valence-corrected chi connectivity index (χ1v) is 5.26. The molecule has 0 radical (unpaired) electrons. The van der Waals surface area contributed by atoms with E-state index in [9.17, 15) is 8.78 Å². The van der Waals surface area contributed by atoms with Gasteiger partial charge in [0, 0.05) is 6.20 Å². The minimum Gasteiger partial charge on any atom is -0.253 e. The van der Waals surface area contributed by atoms with Crippen LogP contribution in [0, 0.1) is 0 Å². The van der Waals surface area contributed by atoms with Crippen LogP contribution < -0.4 is 0 Å². The van der Waals surface area contributed by atoms with Crippen LogP contribution in [0.5, 0.6) is 0 Å². The highest BCUT2D eigenvalue weighted by Crippen LogP contribution is 2.25. The lowest BCUT2D eigenvalue weighted by Gasteiger charge is -2.04. The van der Waals surface area contributed by atoms with E-state index in [1.807, 2.05) is 0 Å². The van der Waals surface area contributed by atoms with E-state index in [4.69, 9.17) is 23.2 Å². The molecule has 0 aliphatic rings. The van der Waals surface area contributed by atoms with Gasteiger partial charge in [-0.2, -0.15) is 0 Å². The van der Waals surface area contributed by atoms with Crippen molar-refractivity contribution in [3.63, 3.8) is 0 Å². The van der Waals surface area contributed by atoms with Crippen molar-refractivity contribution in [3.05, 3.63) is 40.4 Å². The van der Waals surface area contributed by atoms with Crippen molar-refractivity contribution in [2.75, 3.05) is 0 Å². The van der Waals surface area contributed by atoms with Crippen LogP contribution in [-0.4, -0.2) is 15.0 Å². The Balaban J connectivity index is 2.41. The molecule has 3 nitrogen and oxygen atoms in total. The number of alkyl halides is 2. The van der Waals surface area contributed by atoms with Crippen LogP contribution >= 0.6 is 23.2 Å². The normalized spacial score (nSPS) is 10.9. The zero-order chi connectivity index (χ0) is 12.4. The van der Waals surface area contributed by atoms with Gasteiger partial charge < -0.3 is 0 Å². The zero-order valence-electron chi connectivity index (χ0n) is 8.24. The fourth-order valence-corrected chi connectivity index (χ4v) is 1.51. The molecule has 0 atom stereocenters. The summed E-state index contributed by atoms with van der Waals surface area (Å²) >= 11 is 11.3. The van der Waals surface area contributed by atoms with Crippen molar-refractivity contribution >= 4 is 23.2 Å². The summed E-state index contributed by atoms with van der Waals surface area (Å²) in [4.78, 5) is 11.4. The van der Waals surface area contributed by atoms with Crippen molar-refractivity contribution < 1.29 is 8.78 Å². The second-order valence-corrected chi connectivity index (χ2v) is 3.89. The summed E-state index contributed by atoms with van der Waals surface area (Å²) < 4.78 is 24.8. The maximum Gasteiger partial charge on any atom is 0.283 e. The van der Waals surface area contributed by atoms with Crippen LogP contribution in [0.3, 0.4) is 0 Å². The molecular formula is C10H5Cl2F2N3. The van der Waals surface area contributed by atoms with Gasteiger partial charge in [-0.25, -0.2) is 18.7 Å². The quantitative estimate of drug-likeness (QED) is 0.837. The predicted octanol–water partition coefficient (Wildman–Crippen LogP) is 3.78. The number of rotatable bonds is 2. The molecule has 0 spiro atoms. The van der Waals surface area contributed by atoms with E-state index in [0.29, 0.717) is 16.4 Å². The summed E-state index contributed by atoms with van der Waals surface area (Å²) in [6.45, 7) is 0. The highest BCUT2D eigenvalue weighted by molar-refractivity contribution is 6.30. The van der Waals surface area contributed by atoms with Crippen LogP contribution in [0.15, 0.2) is 24.5 Å². The molecule has 2 heterocycles. The average molecular weight is 276 g/mol. The summed E-state index contributed by atoms with van der Waals surface area (Å²) in [6, 6.07) is 3.21. The molecular weight excluding hydrogens is 271 g/mol. The third kappa shape index (κ3) is 2.68. The average Bonchev–Trinajstić information content (AvgIpc) is 2.29. The Bertz CT molecular complexity index is 532. The minimum absolute atomic E-state index is 0.316. The first kappa shape index (κ1) is 12.1. The summed E-state index contributed by atoms with van der Waals surface area (Å²) in [6.07, 6.45) is -0.126. The summed E-state index contributed by atoms with van der Waals surface area (Å²) in [5, 5.41) is 0.145. The molecule has 17 heavy (non-hydrogen) atoms. The molecule has 0 fully saturated rings. The van der Waals surface area contributed by atoms with Gasteiger partial charge in [-0.05, 0) is 12.1 Å². The van der Waals surface area contributed by atoms with Gasteiger partial charge >= 0.3 is 0 Å². The third-order valence-electron chi connectivity index (χ3n) is 1.95. The predicted molar refractivity (Wildman–Crippen MR) is 60.2 cm³/mol.